The maximum atomic E-state index is 11.0. The Morgan fingerprint density at radius 2 is 2.21 bits per heavy atom. The van der Waals surface area contributed by atoms with Gasteiger partial charge in [-0.2, -0.15) is 0 Å². The highest BCUT2D eigenvalue weighted by Crippen LogP contribution is 2.35. The number of amides is 1. The molecule has 0 radical (unpaired) electrons. The summed E-state index contributed by atoms with van der Waals surface area (Å²) in [4.78, 5) is 11.3. The number of halogens is 1. The van der Waals surface area contributed by atoms with Crippen LogP contribution in [0, 0.1) is 0 Å². The standard InChI is InChI=1S/C11H12BrNO/c1-7(14)13-11-9-5-3-2-4-8(9)6-10(11)12/h2-5,10-11H,6H2,1H3,(H,13,14). The van der Waals surface area contributed by atoms with Gasteiger partial charge in [-0.15, -0.1) is 0 Å². The highest BCUT2D eigenvalue weighted by Gasteiger charge is 2.30. The number of hydrogen-bond acceptors (Lipinski definition) is 1. The summed E-state index contributed by atoms with van der Waals surface area (Å²) >= 11 is 3.60. The maximum absolute atomic E-state index is 11.0. The SMILES string of the molecule is CC(=O)NC1c2ccccc2CC1Br. The van der Waals surface area contributed by atoms with Crippen molar-refractivity contribution in [2.24, 2.45) is 0 Å². The minimum Gasteiger partial charge on any atom is -0.348 e. The summed E-state index contributed by atoms with van der Waals surface area (Å²) in [5.41, 5.74) is 2.57. The third kappa shape index (κ3) is 1.69. The first-order valence-electron chi connectivity index (χ1n) is 4.67. The van der Waals surface area contributed by atoms with Crippen molar-refractivity contribution in [1.29, 1.82) is 0 Å². The average Bonchev–Trinajstić information content (AvgIpc) is 2.43. The van der Waals surface area contributed by atoms with Gasteiger partial charge in [0.15, 0.2) is 0 Å². The van der Waals surface area contributed by atoms with E-state index >= 15 is 0 Å². The monoisotopic (exact) mass is 253 g/mol. The Bertz CT molecular complexity index is 364. The van der Waals surface area contributed by atoms with E-state index in [2.05, 4.69) is 33.4 Å². The highest BCUT2D eigenvalue weighted by atomic mass is 79.9. The second-order valence-corrected chi connectivity index (χ2v) is 4.77. The lowest BCUT2D eigenvalue weighted by Crippen LogP contribution is -2.29. The molecule has 3 heteroatoms. The van der Waals surface area contributed by atoms with Gasteiger partial charge in [0.25, 0.3) is 0 Å². The van der Waals surface area contributed by atoms with Gasteiger partial charge in [0.1, 0.15) is 0 Å². The van der Waals surface area contributed by atoms with Gasteiger partial charge in [0.2, 0.25) is 5.91 Å². The number of alkyl halides is 1. The smallest absolute Gasteiger partial charge is 0.217 e. The molecule has 0 spiro atoms. The molecule has 1 aromatic rings. The zero-order valence-corrected chi connectivity index (χ0v) is 9.54. The number of hydrogen-bond donors (Lipinski definition) is 1. The number of benzene rings is 1. The van der Waals surface area contributed by atoms with E-state index in [0.717, 1.165) is 6.42 Å². The Morgan fingerprint density at radius 3 is 2.93 bits per heavy atom. The molecular weight excluding hydrogens is 242 g/mol. The average molecular weight is 254 g/mol. The Balaban J connectivity index is 2.30. The highest BCUT2D eigenvalue weighted by molar-refractivity contribution is 9.09. The predicted octanol–water partition coefficient (Wildman–Crippen LogP) is 2.18. The molecule has 0 fully saturated rings. The van der Waals surface area contributed by atoms with Crippen molar-refractivity contribution in [3.63, 3.8) is 0 Å². The van der Waals surface area contributed by atoms with E-state index in [4.69, 9.17) is 0 Å². The third-order valence-electron chi connectivity index (χ3n) is 2.53. The second-order valence-electron chi connectivity index (χ2n) is 3.60. The molecule has 1 aliphatic carbocycles. The van der Waals surface area contributed by atoms with Crippen LogP contribution in [0.1, 0.15) is 24.1 Å². The van der Waals surface area contributed by atoms with E-state index in [9.17, 15) is 4.79 Å². The normalized spacial score (nSPS) is 24.4. The molecule has 0 heterocycles. The first-order valence-corrected chi connectivity index (χ1v) is 5.59. The van der Waals surface area contributed by atoms with Crippen LogP contribution in [0.3, 0.4) is 0 Å². The fraction of sp³-hybridized carbons (Fsp3) is 0.364. The summed E-state index contributed by atoms with van der Waals surface area (Å²) in [5, 5.41) is 2.96. The van der Waals surface area contributed by atoms with Gasteiger partial charge < -0.3 is 5.32 Å². The van der Waals surface area contributed by atoms with Gasteiger partial charge in [-0.05, 0) is 17.5 Å². The molecule has 2 nitrogen and oxygen atoms in total. The fourth-order valence-corrected chi connectivity index (χ4v) is 2.70. The predicted molar refractivity (Wildman–Crippen MR) is 59.4 cm³/mol. The first-order chi connectivity index (χ1) is 6.68. The lowest BCUT2D eigenvalue weighted by atomic mass is 10.1. The molecular formula is C11H12BrNO. The van der Waals surface area contributed by atoms with Crippen LogP contribution in [0.5, 0.6) is 0 Å². The van der Waals surface area contributed by atoms with Crippen LogP contribution >= 0.6 is 15.9 Å². The molecule has 2 rings (SSSR count). The van der Waals surface area contributed by atoms with Gasteiger partial charge >= 0.3 is 0 Å². The molecule has 0 bridgehead atoms. The maximum Gasteiger partial charge on any atom is 0.217 e. The van der Waals surface area contributed by atoms with Crippen molar-refractivity contribution < 1.29 is 4.79 Å². The molecule has 1 aromatic carbocycles. The van der Waals surface area contributed by atoms with Crippen LogP contribution in [0.4, 0.5) is 0 Å². The number of carbonyl (C=O) groups excluding carboxylic acids is 1. The molecule has 14 heavy (non-hydrogen) atoms. The summed E-state index contributed by atoms with van der Waals surface area (Å²) in [6.45, 7) is 1.56. The van der Waals surface area contributed by atoms with Gasteiger partial charge in [-0.1, -0.05) is 40.2 Å². The van der Waals surface area contributed by atoms with Crippen molar-refractivity contribution in [1.82, 2.24) is 5.32 Å². The molecule has 1 N–H and O–H groups in total. The van der Waals surface area contributed by atoms with Crippen molar-refractivity contribution in [3.05, 3.63) is 35.4 Å². The van der Waals surface area contributed by atoms with E-state index in [1.165, 1.54) is 11.1 Å². The zero-order valence-electron chi connectivity index (χ0n) is 7.96. The van der Waals surface area contributed by atoms with Crippen LogP contribution < -0.4 is 5.32 Å². The summed E-state index contributed by atoms with van der Waals surface area (Å²) in [7, 11) is 0. The van der Waals surface area contributed by atoms with Crippen LogP contribution in [-0.2, 0) is 11.2 Å². The van der Waals surface area contributed by atoms with Crippen molar-refractivity contribution >= 4 is 21.8 Å². The Hall–Kier alpha value is -0.830. The summed E-state index contributed by atoms with van der Waals surface area (Å²) in [6, 6.07) is 8.37. The van der Waals surface area contributed by atoms with Crippen LogP contribution in [0.15, 0.2) is 24.3 Å². The molecule has 0 saturated heterocycles. The fourth-order valence-electron chi connectivity index (χ4n) is 1.93. The lowest BCUT2D eigenvalue weighted by molar-refractivity contribution is -0.119. The largest absolute Gasteiger partial charge is 0.348 e. The Morgan fingerprint density at radius 1 is 1.50 bits per heavy atom. The minimum absolute atomic E-state index is 0.0242. The van der Waals surface area contributed by atoms with E-state index in [1.54, 1.807) is 6.92 Å². The molecule has 0 aromatic heterocycles. The summed E-state index contributed by atoms with van der Waals surface area (Å²) in [5.74, 6) is 0.0242. The molecule has 1 amide bonds. The number of nitrogens with one attached hydrogen (secondary N) is 1. The number of carbonyl (C=O) groups is 1. The topological polar surface area (TPSA) is 29.1 Å². The lowest BCUT2D eigenvalue weighted by Gasteiger charge is -2.16. The van der Waals surface area contributed by atoms with Gasteiger partial charge in [-0.3, -0.25) is 4.79 Å². The van der Waals surface area contributed by atoms with E-state index in [-0.39, 0.29) is 11.9 Å². The number of fused-ring (bicyclic) bond motifs is 1. The van der Waals surface area contributed by atoms with Gasteiger partial charge in [0, 0.05) is 11.8 Å². The summed E-state index contributed by atoms with van der Waals surface area (Å²) < 4.78 is 0. The van der Waals surface area contributed by atoms with Gasteiger partial charge in [-0.25, -0.2) is 0 Å². The van der Waals surface area contributed by atoms with Crippen LogP contribution in [0.25, 0.3) is 0 Å². The molecule has 74 valence electrons. The quantitative estimate of drug-likeness (QED) is 0.764. The molecule has 2 unspecified atom stereocenters. The van der Waals surface area contributed by atoms with E-state index in [0.29, 0.717) is 4.83 Å². The Kier molecular flexibility index (Phi) is 2.59. The first kappa shape index (κ1) is 9.71. The summed E-state index contributed by atoms with van der Waals surface area (Å²) in [6.07, 6.45) is 0.987. The zero-order chi connectivity index (χ0) is 10.1. The van der Waals surface area contributed by atoms with Crippen LogP contribution in [-0.4, -0.2) is 10.7 Å². The van der Waals surface area contributed by atoms with Crippen molar-refractivity contribution in [2.45, 2.75) is 24.2 Å². The van der Waals surface area contributed by atoms with Crippen molar-refractivity contribution in [3.8, 4) is 0 Å². The van der Waals surface area contributed by atoms with Crippen molar-refractivity contribution in [2.75, 3.05) is 0 Å². The van der Waals surface area contributed by atoms with E-state index in [1.807, 2.05) is 12.1 Å². The number of rotatable bonds is 1. The minimum atomic E-state index is 0.0242. The van der Waals surface area contributed by atoms with Crippen LogP contribution in [0.2, 0.25) is 0 Å². The second kappa shape index (κ2) is 3.73. The van der Waals surface area contributed by atoms with E-state index < -0.39 is 0 Å². The third-order valence-corrected chi connectivity index (χ3v) is 3.38. The molecule has 1 aliphatic rings. The van der Waals surface area contributed by atoms with Gasteiger partial charge in [0.05, 0.1) is 6.04 Å². The Labute approximate surface area is 91.8 Å². The molecule has 0 aliphatic heterocycles. The molecule has 2 atom stereocenters. The molecule has 0 saturated carbocycles.